The van der Waals surface area contributed by atoms with Crippen molar-refractivity contribution in [2.45, 2.75) is 45.3 Å². The van der Waals surface area contributed by atoms with Gasteiger partial charge in [-0.05, 0) is 33.6 Å². The lowest BCUT2D eigenvalue weighted by atomic mass is 9.81. The fourth-order valence-corrected chi connectivity index (χ4v) is 2.75. The molecule has 0 spiro atoms. The smallest absolute Gasteiger partial charge is 0.250 e. The van der Waals surface area contributed by atoms with Crippen molar-refractivity contribution in [3.63, 3.8) is 0 Å². The molecule has 0 saturated carbocycles. The van der Waals surface area contributed by atoms with Crippen LogP contribution in [0.25, 0.3) is 0 Å². The molecule has 0 aromatic heterocycles. The molecule has 1 fully saturated rings. The summed E-state index contributed by atoms with van der Waals surface area (Å²) in [6.07, 6.45) is 1.48. The first-order valence-corrected chi connectivity index (χ1v) is 5.71. The molecular formula is C12H17NO3. The molecule has 0 aliphatic carbocycles. The average Bonchev–Trinajstić information content (AvgIpc) is 2.70. The van der Waals surface area contributed by atoms with Gasteiger partial charge in [0.15, 0.2) is 5.78 Å². The van der Waals surface area contributed by atoms with Gasteiger partial charge in [0.25, 0.3) is 0 Å². The fourth-order valence-electron chi connectivity index (χ4n) is 2.75. The van der Waals surface area contributed by atoms with Gasteiger partial charge in [0.1, 0.15) is 0 Å². The number of ketones is 1. The highest BCUT2D eigenvalue weighted by molar-refractivity contribution is 6.07. The van der Waals surface area contributed by atoms with E-state index in [1.54, 1.807) is 0 Å². The van der Waals surface area contributed by atoms with Gasteiger partial charge in [0.2, 0.25) is 5.91 Å². The van der Waals surface area contributed by atoms with Crippen LogP contribution in [0.2, 0.25) is 0 Å². The highest BCUT2D eigenvalue weighted by Crippen LogP contribution is 2.47. The number of hydrogen-bond acceptors (Lipinski definition) is 3. The van der Waals surface area contributed by atoms with Crippen molar-refractivity contribution in [1.29, 1.82) is 0 Å². The van der Waals surface area contributed by atoms with Crippen molar-refractivity contribution in [3.8, 4) is 0 Å². The lowest BCUT2D eigenvalue weighted by molar-refractivity contribution is -0.119. The molecule has 2 rings (SSSR count). The Balaban J connectivity index is 2.42. The third kappa shape index (κ3) is 1.48. The van der Waals surface area contributed by atoms with Gasteiger partial charge in [0.05, 0.1) is 17.3 Å². The number of fused-ring (bicyclic) bond motifs is 2. The number of likely N-dealkylation sites (N-methyl/N-ethyl adjacent to an activating group) is 1. The van der Waals surface area contributed by atoms with E-state index in [2.05, 4.69) is 5.32 Å². The number of nitrogens with one attached hydrogen (secondary N) is 1. The van der Waals surface area contributed by atoms with Crippen molar-refractivity contribution in [3.05, 3.63) is 11.1 Å². The molecule has 1 amide bonds. The molecule has 4 nitrogen and oxygen atoms in total. The van der Waals surface area contributed by atoms with E-state index in [1.165, 1.54) is 6.92 Å². The molecule has 2 aliphatic heterocycles. The number of carbonyl (C=O) groups is 2. The maximum absolute atomic E-state index is 11.9. The summed E-state index contributed by atoms with van der Waals surface area (Å²) in [6, 6.07) is 0. The van der Waals surface area contributed by atoms with Crippen molar-refractivity contribution in [2.24, 2.45) is 0 Å². The van der Waals surface area contributed by atoms with Gasteiger partial charge in [0, 0.05) is 12.1 Å². The maximum Gasteiger partial charge on any atom is 0.250 e. The molecule has 1 saturated heterocycles. The van der Waals surface area contributed by atoms with E-state index in [0.29, 0.717) is 17.7 Å². The zero-order chi connectivity index (χ0) is 11.9. The maximum atomic E-state index is 11.9. The topological polar surface area (TPSA) is 55.4 Å². The van der Waals surface area contributed by atoms with Crippen LogP contribution in [0.5, 0.6) is 0 Å². The Morgan fingerprint density at radius 3 is 2.81 bits per heavy atom. The van der Waals surface area contributed by atoms with Crippen LogP contribution in [0, 0.1) is 0 Å². The monoisotopic (exact) mass is 223 g/mol. The molecule has 0 aromatic carbocycles. The second kappa shape index (κ2) is 3.70. The molecular weight excluding hydrogens is 206 g/mol. The van der Waals surface area contributed by atoms with Gasteiger partial charge in [-0.15, -0.1) is 0 Å². The molecule has 2 heterocycles. The zero-order valence-corrected chi connectivity index (χ0v) is 9.92. The molecule has 88 valence electrons. The van der Waals surface area contributed by atoms with Crippen LogP contribution in [0.4, 0.5) is 0 Å². The first-order valence-electron chi connectivity index (χ1n) is 5.71. The van der Waals surface area contributed by atoms with Gasteiger partial charge in [-0.25, -0.2) is 0 Å². The highest BCUT2D eigenvalue weighted by atomic mass is 16.5. The first-order chi connectivity index (χ1) is 7.49. The standard InChI is InChI=1S/C12H17NO3/c1-4-13-11(15)9-8-5-6-12(3,16-8)10(9)7(2)14/h8H,4-6H2,1-3H3,(H,13,15). The normalized spacial score (nSPS) is 32.1. The molecule has 0 aromatic rings. The Morgan fingerprint density at radius 2 is 2.25 bits per heavy atom. The van der Waals surface area contributed by atoms with E-state index in [4.69, 9.17) is 4.74 Å². The number of rotatable bonds is 3. The molecule has 2 bridgehead atoms. The minimum Gasteiger partial charge on any atom is -0.362 e. The number of hydrogen-bond donors (Lipinski definition) is 1. The van der Waals surface area contributed by atoms with Crippen LogP contribution in [0.3, 0.4) is 0 Å². The molecule has 16 heavy (non-hydrogen) atoms. The van der Waals surface area contributed by atoms with E-state index >= 15 is 0 Å². The Bertz CT molecular complexity index is 386. The second-order valence-electron chi connectivity index (χ2n) is 4.58. The van der Waals surface area contributed by atoms with E-state index in [0.717, 1.165) is 12.8 Å². The van der Waals surface area contributed by atoms with E-state index in [-0.39, 0.29) is 17.8 Å². The predicted octanol–water partition coefficient (Wildman–Crippen LogP) is 0.959. The molecule has 2 unspecified atom stereocenters. The van der Waals surface area contributed by atoms with Crippen molar-refractivity contribution < 1.29 is 14.3 Å². The minimum atomic E-state index is -0.531. The average molecular weight is 223 g/mol. The Morgan fingerprint density at radius 1 is 1.56 bits per heavy atom. The lowest BCUT2D eigenvalue weighted by Gasteiger charge is -2.22. The minimum absolute atomic E-state index is 0.0500. The van der Waals surface area contributed by atoms with Crippen LogP contribution >= 0.6 is 0 Å². The first kappa shape index (κ1) is 11.3. The van der Waals surface area contributed by atoms with Crippen molar-refractivity contribution in [1.82, 2.24) is 5.32 Å². The van der Waals surface area contributed by atoms with E-state index in [9.17, 15) is 9.59 Å². The highest BCUT2D eigenvalue weighted by Gasteiger charge is 2.52. The second-order valence-corrected chi connectivity index (χ2v) is 4.58. The molecule has 4 heteroatoms. The Hall–Kier alpha value is -1.16. The summed E-state index contributed by atoms with van der Waals surface area (Å²) >= 11 is 0. The Kier molecular flexibility index (Phi) is 2.62. The SMILES string of the molecule is CCNC(=O)C1=C(C(C)=O)C2(C)CCC1O2. The third-order valence-corrected chi connectivity index (χ3v) is 3.34. The van der Waals surface area contributed by atoms with Crippen LogP contribution < -0.4 is 5.32 Å². The summed E-state index contributed by atoms with van der Waals surface area (Å²) in [7, 11) is 0. The molecule has 2 atom stereocenters. The van der Waals surface area contributed by atoms with Gasteiger partial charge in [-0.2, -0.15) is 0 Å². The van der Waals surface area contributed by atoms with Crippen molar-refractivity contribution in [2.75, 3.05) is 6.54 Å². The van der Waals surface area contributed by atoms with Gasteiger partial charge in [-0.3, -0.25) is 9.59 Å². The van der Waals surface area contributed by atoms with Crippen LogP contribution in [-0.2, 0) is 14.3 Å². The van der Waals surface area contributed by atoms with Crippen LogP contribution in [-0.4, -0.2) is 29.9 Å². The predicted molar refractivity (Wildman–Crippen MR) is 58.9 cm³/mol. The summed E-state index contributed by atoms with van der Waals surface area (Å²) in [5.74, 6) is -0.202. The summed E-state index contributed by atoms with van der Waals surface area (Å²) in [5.41, 5.74) is 0.606. The molecule has 1 N–H and O–H groups in total. The fraction of sp³-hybridized carbons (Fsp3) is 0.667. The third-order valence-electron chi connectivity index (χ3n) is 3.34. The summed E-state index contributed by atoms with van der Waals surface area (Å²) in [4.78, 5) is 23.5. The lowest BCUT2D eigenvalue weighted by Crippen LogP contribution is -2.33. The number of Topliss-reactive ketones (excluding diaryl/α,β-unsaturated/α-hetero) is 1. The van der Waals surface area contributed by atoms with Gasteiger partial charge in [-0.1, -0.05) is 0 Å². The number of ether oxygens (including phenoxy) is 1. The summed E-state index contributed by atoms with van der Waals surface area (Å²) in [5, 5.41) is 2.75. The van der Waals surface area contributed by atoms with Gasteiger partial charge >= 0.3 is 0 Å². The molecule has 0 radical (unpaired) electrons. The van der Waals surface area contributed by atoms with Crippen molar-refractivity contribution >= 4 is 11.7 Å². The van der Waals surface area contributed by atoms with Crippen LogP contribution in [0.15, 0.2) is 11.1 Å². The summed E-state index contributed by atoms with van der Waals surface area (Å²) < 4.78 is 5.76. The van der Waals surface area contributed by atoms with E-state index in [1.807, 2.05) is 13.8 Å². The van der Waals surface area contributed by atoms with E-state index < -0.39 is 5.60 Å². The largest absolute Gasteiger partial charge is 0.362 e. The zero-order valence-electron chi connectivity index (χ0n) is 9.92. The van der Waals surface area contributed by atoms with Crippen LogP contribution in [0.1, 0.15) is 33.6 Å². The summed E-state index contributed by atoms with van der Waals surface area (Å²) in [6.45, 7) is 5.83. The molecule has 2 aliphatic rings. The number of carbonyl (C=O) groups excluding carboxylic acids is 2. The Labute approximate surface area is 95.0 Å². The number of amides is 1. The quantitative estimate of drug-likeness (QED) is 0.775. The van der Waals surface area contributed by atoms with Gasteiger partial charge < -0.3 is 10.1 Å².